The molecule has 0 spiro atoms. The van der Waals surface area contributed by atoms with E-state index in [1.54, 1.807) is 0 Å². The summed E-state index contributed by atoms with van der Waals surface area (Å²) in [6.45, 7) is 11.4. The van der Waals surface area contributed by atoms with Crippen molar-refractivity contribution < 1.29 is 14.7 Å². The van der Waals surface area contributed by atoms with Crippen LogP contribution in [0.15, 0.2) is 61.2 Å². The fraction of sp³-hybridized carbons (Fsp3) is 0.304. The van der Waals surface area contributed by atoms with Gasteiger partial charge in [0.15, 0.2) is 0 Å². The summed E-state index contributed by atoms with van der Waals surface area (Å²) in [5.41, 5.74) is 3.04. The van der Waals surface area contributed by atoms with Gasteiger partial charge in [-0.3, -0.25) is 0 Å². The molecule has 1 unspecified atom stereocenters. The van der Waals surface area contributed by atoms with E-state index in [1.165, 1.54) is 11.8 Å². The number of nitrogens with zero attached hydrogens (tertiary/aromatic N) is 1. The number of carboxylic acid groups (broad SMARTS) is 1. The molecule has 0 aliphatic rings. The zero-order valence-electron chi connectivity index (χ0n) is 16.9. The van der Waals surface area contributed by atoms with Crippen LogP contribution in [0.1, 0.15) is 44.4 Å². The Kier molecular flexibility index (Phi) is 6.62. The van der Waals surface area contributed by atoms with Gasteiger partial charge >= 0.3 is 12.0 Å². The van der Waals surface area contributed by atoms with Crippen molar-refractivity contribution in [2.45, 2.75) is 45.8 Å². The summed E-state index contributed by atoms with van der Waals surface area (Å²) in [6.07, 6.45) is 0. The molecule has 2 rings (SSSR count). The summed E-state index contributed by atoms with van der Waals surface area (Å²) in [5.74, 6) is -1.05. The topological polar surface area (TPSA) is 69.6 Å². The molecule has 2 amide bonds. The molecule has 0 aromatic heterocycles. The Balaban J connectivity index is 2.27. The van der Waals surface area contributed by atoms with E-state index in [0.29, 0.717) is 0 Å². The Morgan fingerprint density at radius 2 is 1.79 bits per heavy atom. The number of carbonyl (C=O) groups is 2. The Morgan fingerprint density at radius 1 is 1.14 bits per heavy atom. The van der Waals surface area contributed by atoms with Crippen molar-refractivity contribution in [1.82, 2.24) is 10.2 Å². The van der Waals surface area contributed by atoms with Gasteiger partial charge in [-0.2, -0.15) is 0 Å². The van der Waals surface area contributed by atoms with Crippen LogP contribution in [0.5, 0.6) is 0 Å². The first-order valence-corrected chi connectivity index (χ1v) is 9.24. The van der Waals surface area contributed by atoms with Gasteiger partial charge in [0.25, 0.3) is 0 Å². The average molecular weight is 380 g/mol. The summed E-state index contributed by atoms with van der Waals surface area (Å²) >= 11 is 0. The highest BCUT2D eigenvalue weighted by atomic mass is 16.4. The lowest BCUT2D eigenvalue weighted by atomic mass is 9.91. The van der Waals surface area contributed by atoms with E-state index in [2.05, 4.69) is 11.9 Å². The van der Waals surface area contributed by atoms with Gasteiger partial charge in [-0.15, -0.1) is 0 Å². The number of allylic oxidation sites excluding steroid dienone is 1. The van der Waals surface area contributed by atoms with E-state index < -0.39 is 23.6 Å². The molecule has 1 atom stereocenters. The highest BCUT2D eigenvalue weighted by Crippen LogP contribution is 2.24. The number of urea groups is 1. The van der Waals surface area contributed by atoms with Gasteiger partial charge in [-0.1, -0.05) is 60.7 Å². The fourth-order valence-corrected chi connectivity index (χ4v) is 2.88. The van der Waals surface area contributed by atoms with E-state index in [9.17, 15) is 14.7 Å². The van der Waals surface area contributed by atoms with Crippen molar-refractivity contribution in [1.29, 1.82) is 0 Å². The van der Waals surface area contributed by atoms with Crippen LogP contribution >= 0.6 is 0 Å². The largest absolute Gasteiger partial charge is 0.480 e. The smallest absolute Gasteiger partial charge is 0.326 e. The summed E-state index contributed by atoms with van der Waals surface area (Å²) in [4.78, 5) is 25.9. The number of rotatable bonds is 7. The number of benzene rings is 2. The van der Waals surface area contributed by atoms with Gasteiger partial charge in [0.05, 0.1) is 5.54 Å². The number of hydrogen-bond donors (Lipinski definition) is 2. The predicted octanol–water partition coefficient (Wildman–Crippen LogP) is 4.64. The molecule has 2 aromatic rings. The van der Waals surface area contributed by atoms with Crippen LogP contribution in [0, 0.1) is 0 Å². The standard InChI is InChI=1S/C23H28N2O3/c1-16(2)19-12-9-13-20(14-19)23(4,5)24-22(28)25(17(3)21(26)27)15-18-10-7-6-8-11-18/h6-14,17H,1,15H2,2-5H3,(H,24,28)(H,26,27). The quantitative estimate of drug-likeness (QED) is 0.735. The molecule has 0 fully saturated rings. The van der Waals surface area contributed by atoms with Crippen LogP contribution in [-0.2, 0) is 16.9 Å². The number of aliphatic carboxylic acids is 1. The lowest BCUT2D eigenvalue weighted by Gasteiger charge is -2.33. The maximum Gasteiger partial charge on any atom is 0.326 e. The lowest BCUT2D eigenvalue weighted by molar-refractivity contribution is -0.141. The fourth-order valence-electron chi connectivity index (χ4n) is 2.88. The molecule has 0 aliphatic carbocycles. The van der Waals surface area contributed by atoms with Crippen molar-refractivity contribution in [3.63, 3.8) is 0 Å². The molecule has 0 bridgehead atoms. The molecule has 5 heteroatoms. The maximum absolute atomic E-state index is 13.0. The Bertz CT molecular complexity index is 859. The van der Waals surface area contributed by atoms with Crippen molar-refractivity contribution >= 4 is 17.6 Å². The van der Waals surface area contributed by atoms with Crippen LogP contribution < -0.4 is 5.32 Å². The number of carboxylic acids is 1. The van der Waals surface area contributed by atoms with E-state index in [1.807, 2.05) is 75.4 Å². The monoisotopic (exact) mass is 380 g/mol. The van der Waals surface area contributed by atoms with Gasteiger partial charge in [0.1, 0.15) is 6.04 Å². The number of nitrogens with one attached hydrogen (secondary N) is 1. The van der Waals surface area contributed by atoms with Crippen molar-refractivity contribution in [2.24, 2.45) is 0 Å². The molecule has 0 heterocycles. The van der Waals surface area contributed by atoms with Crippen LogP contribution in [0.4, 0.5) is 4.79 Å². The summed E-state index contributed by atoms with van der Waals surface area (Å²) < 4.78 is 0. The Labute approximate surface area is 166 Å². The minimum atomic E-state index is -1.05. The third-order valence-corrected chi connectivity index (χ3v) is 4.78. The Morgan fingerprint density at radius 3 is 2.36 bits per heavy atom. The molecular formula is C23H28N2O3. The highest BCUT2D eigenvalue weighted by Gasteiger charge is 2.30. The molecule has 0 saturated carbocycles. The van der Waals surface area contributed by atoms with Gasteiger partial charge in [-0.25, -0.2) is 9.59 Å². The third kappa shape index (κ3) is 5.22. The van der Waals surface area contributed by atoms with E-state index in [4.69, 9.17) is 0 Å². The highest BCUT2D eigenvalue weighted by molar-refractivity contribution is 5.83. The zero-order valence-corrected chi connectivity index (χ0v) is 16.9. The molecular weight excluding hydrogens is 352 g/mol. The van der Waals surface area contributed by atoms with Gasteiger partial charge in [0, 0.05) is 6.54 Å². The average Bonchev–Trinajstić information content (AvgIpc) is 2.66. The molecule has 28 heavy (non-hydrogen) atoms. The maximum atomic E-state index is 13.0. The van der Waals surface area contributed by atoms with Crippen LogP contribution in [0.2, 0.25) is 0 Å². The van der Waals surface area contributed by atoms with Crippen LogP contribution in [0.3, 0.4) is 0 Å². The summed E-state index contributed by atoms with van der Waals surface area (Å²) in [7, 11) is 0. The molecule has 2 N–H and O–H groups in total. The SMILES string of the molecule is C=C(C)c1cccc(C(C)(C)NC(=O)N(Cc2ccccc2)C(C)C(=O)O)c1. The first-order valence-electron chi connectivity index (χ1n) is 9.24. The third-order valence-electron chi connectivity index (χ3n) is 4.78. The Hall–Kier alpha value is -3.08. The number of amides is 2. The molecule has 2 aromatic carbocycles. The van der Waals surface area contributed by atoms with E-state index in [-0.39, 0.29) is 6.54 Å². The summed E-state index contributed by atoms with van der Waals surface area (Å²) in [6, 6.07) is 15.8. The number of hydrogen-bond acceptors (Lipinski definition) is 2. The zero-order chi connectivity index (χ0) is 20.9. The minimum absolute atomic E-state index is 0.210. The first-order chi connectivity index (χ1) is 13.1. The molecule has 0 radical (unpaired) electrons. The first kappa shape index (κ1) is 21.2. The second-order valence-electron chi connectivity index (χ2n) is 7.54. The van der Waals surface area contributed by atoms with Gasteiger partial charge in [-0.05, 0) is 50.5 Å². The molecule has 148 valence electrons. The normalized spacial score (nSPS) is 12.1. The van der Waals surface area contributed by atoms with Crippen molar-refractivity contribution in [3.8, 4) is 0 Å². The van der Waals surface area contributed by atoms with E-state index in [0.717, 1.165) is 22.3 Å². The molecule has 0 saturated heterocycles. The lowest BCUT2D eigenvalue weighted by Crippen LogP contribution is -2.52. The minimum Gasteiger partial charge on any atom is -0.480 e. The van der Waals surface area contributed by atoms with Gasteiger partial charge in [0.2, 0.25) is 0 Å². The second kappa shape index (κ2) is 8.74. The molecule has 0 aliphatic heterocycles. The van der Waals surface area contributed by atoms with Crippen LogP contribution in [-0.4, -0.2) is 28.0 Å². The van der Waals surface area contributed by atoms with Gasteiger partial charge < -0.3 is 15.3 Å². The summed E-state index contributed by atoms with van der Waals surface area (Å²) in [5, 5.41) is 12.4. The van der Waals surface area contributed by atoms with Crippen molar-refractivity contribution in [2.75, 3.05) is 0 Å². The second-order valence-corrected chi connectivity index (χ2v) is 7.54. The van der Waals surface area contributed by atoms with Crippen molar-refractivity contribution in [3.05, 3.63) is 77.9 Å². The number of carbonyl (C=O) groups excluding carboxylic acids is 1. The van der Waals surface area contributed by atoms with Crippen LogP contribution in [0.25, 0.3) is 5.57 Å². The molecule has 5 nitrogen and oxygen atoms in total. The predicted molar refractivity (Wildman–Crippen MR) is 112 cm³/mol. The van der Waals surface area contributed by atoms with E-state index >= 15 is 0 Å².